The highest BCUT2D eigenvalue weighted by Gasteiger charge is 2.42. The number of rotatable bonds is 7. The molecule has 0 radical (unpaired) electrons. The van der Waals surface area contributed by atoms with Crippen molar-refractivity contribution < 1.29 is 50.4 Å². The molecule has 2 aliphatic rings. The van der Waals surface area contributed by atoms with Crippen LogP contribution >= 0.6 is 11.8 Å². The number of amidine groups is 1. The molecule has 2 aliphatic heterocycles. The molecular weight excluding hydrogens is 590 g/mol. The van der Waals surface area contributed by atoms with Crippen LogP contribution in [0.15, 0.2) is 75.8 Å². The Bertz CT molecular complexity index is 1390. The summed E-state index contributed by atoms with van der Waals surface area (Å²) >= 11 is 1.01. The number of esters is 2. The number of nitrogens with zero attached hydrogens (tertiary/aromatic N) is 2. The van der Waals surface area contributed by atoms with Gasteiger partial charge >= 0.3 is 11.9 Å². The van der Waals surface area contributed by atoms with Crippen molar-refractivity contribution in [2.75, 3.05) is 26.1 Å². The highest BCUT2D eigenvalue weighted by Crippen LogP contribution is 2.42. The van der Waals surface area contributed by atoms with Crippen molar-refractivity contribution in [3.05, 3.63) is 81.9 Å². The van der Waals surface area contributed by atoms with Crippen molar-refractivity contribution in [3.63, 3.8) is 0 Å². The van der Waals surface area contributed by atoms with Gasteiger partial charge < -0.3 is 36.5 Å². The van der Waals surface area contributed by atoms with Crippen LogP contribution in [-0.4, -0.2) is 54.6 Å². The van der Waals surface area contributed by atoms with Crippen molar-refractivity contribution in [1.29, 1.82) is 0 Å². The maximum Gasteiger partial charge on any atom is 0.338 e. The van der Waals surface area contributed by atoms with Crippen molar-refractivity contribution in [1.82, 2.24) is 4.90 Å². The molecule has 1 N–H and O–H groups in total. The van der Waals surface area contributed by atoms with Crippen LogP contribution in [0.3, 0.4) is 0 Å². The summed E-state index contributed by atoms with van der Waals surface area (Å²) in [5.41, 5.74) is 2.03. The fourth-order valence-corrected chi connectivity index (χ4v) is 4.95. The number of halogens is 1. The number of hydrogen-bond donors (Lipinski definition) is 1. The number of carbonyl (C=O) groups excluding carboxylic acids is 4. The van der Waals surface area contributed by atoms with Gasteiger partial charge in [-0.15, -0.1) is 0 Å². The van der Waals surface area contributed by atoms with Gasteiger partial charge in [0.25, 0.3) is 11.8 Å². The molecule has 1 unspecified atom stereocenters. The lowest BCUT2D eigenvalue weighted by atomic mass is 9.94. The van der Waals surface area contributed by atoms with E-state index in [-0.39, 0.29) is 39.2 Å². The van der Waals surface area contributed by atoms with Crippen LogP contribution in [0.5, 0.6) is 5.75 Å². The second-order valence-corrected chi connectivity index (χ2v) is 9.14. The fourth-order valence-electron chi connectivity index (χ4n) is 3.98. The van der Waals surface area contributed by atoms with Gasteiger partial charge in [0.2, 0.25) is 0 Å². The number of benzene rings is 2. The zero-order valence-corrected chi connectivity index (χ0v) is 23.9. The summed E-state index contributed by atoms with van der Waals surface area (Å²) in [5.74, 6) is -1.48. The van der Waals surface area contributed by atoms with Gasteiger partial charge in [0, 0.05) is 11.8 Å². The minimum Gasteiger partial charge on any atom is -1.00 e. The third-order valence-corrected chi connectivity index (χ3v) is 6.79. The molecule has 0 spiro atoms. The number of fused-ring (bicyclic) bond motifs is 1. The van der Waals surface area contributed by atoms with Gasteiger partial charge in [-0.2, -0.15) is 0 Å². The van der Waals surface area contributed by atoms with E-state index in [1.807, 2.05) is 0 Å². The maximum absolute atomic E-state index is 13.4. The van der Waals surface area contributed by atoms with Crippen LogP contribution in [0.1, 0.15) is 35.8 Å². The molecule has 0 aliphatic carbocycles. The van der Waals surface area contributed by atoms with E-state index in [0.717, 1.165) is 11.8 Å². The summed E-state index contributed by atoms with van der Waals surface area (Å²) in [6, 6.07) is 12.4. The Balaban J connectivity index is 0.00000420. The van der Waals surface area contributed by atoms with Gasteiger partial charge in [0.1, 0.15) is 5.75 Å². The first-order valence-electron chi connectivity index (χ1n) is 11.6. The molecule has 2 heterocycles. The number of allylic oxidation sites excluding steroid dienone is 1. The van der Waals surface area contributed by atoms with E-state index in [0.29, 0.717) is 28.3 Å². The molecular formula is C27H25BrN3O7S-. The summed E-state index contributed by atoms with van der Waals surface area (Å²) in [7, 11) is 2.81. The first-order chi connectivity index (χ1) is 18.3. The Morgan fingerprint density at radius 2 is 1.69 bits per heavy atom. The van der Waals surface area contributed by atoms with E-state index in [1.165, 1.54) is 30.2 Å². The minimum atomic E-state index is -0.808. The van der Waals surface area contributed by atoms with Crippen LogP contribution < -0.4 is 27.0 Å². The molecule has 2 aromatic rings. The van der Waals surface area contributed by atoms with E-state index in [2.05, 4.69) is 10.3 Å². The average Bonchev–Trinajstić information content (AvgIpc) is 2.92. The Labute approximate surface area is 239 Å². The van der Waals surface area contributed by atoms with Gasteiger partial charge in [-0.1, -0.05) is 12.1 Å². The molecule has 2 aromatic carbocycles. The van der Waals surface area contributed by atoms with Crippen molar-refractivity contribution in [3.8, 4) is 5.75 Å². The normalized spacial score (nSPS) is 16.3. The summed E-state index contributed by atoms with van der Waals surface area (Å²) in [4.78, 5) is 56.9. The lowest BCUT2D eigenvalue weighted by molar-refractivity contribution is -0.137. The monoisotopic (exact) mass is 614 g/mol. The standard InChI is InChI=1S/C27H25N3O7S.BrH/c1-5-37-25(33)17-6-10-18(11-7-17)29-24(32)20-14-21(31)30-23(16-8-12-19(35-3)13-9-16)22(26(34)36-4)15(2)28-27(30)38-20;/h6-14,23H,5H2,1-4H3,(H,29,32);1H/p-1. The molecule has 204 valence electrons. The quantitative estimate of drug-likeness (QED) is 0.455. The van der Waals surface area contributed by atoms with Crippen LogP contribution in [0.2, 0.25) is 0 Å². The smallest absolute Gasteiger partial charge is 0.338 e. The number of carbonyl (C=O) groups is 4. The second-order valence-electron chi connectivity index (χ2n) is 8.13. The second kappa shape index (κ2) is 12.8. The predicted molar refractivity (Wildman–Crippen MR) is 141 cm³/mol. The van der Waals surface area contributed by atoms with Gasteiger partial charge in [-0.3, -0.25) is 14.5 Å². The Morgan fingerprint density at radius 3 is 2.28 bits per heavy atom. The molecule has 1 atom stereocenters. The molecule has 39 heavy (non-hydrogen) atoms. The molecule has 0 fully saturated rings. The summed E-state index contributed by atoms with van der Waals surface area (Å²) in [6.07, 6.45) is 1.21. The number of thioether (sulfide) groups is 1. The first kappa shape index (κ1) is 29.7. The largest absolute Gasteiger partial charge is 1.00 e. The van der Waals surface area contributed by atoms with Crippen LogP contribution in [0.25, 0.3) is 0 Å². The molecule has 0 saturated carbocycles. The predicted octanol–water partition coefficient (Wildman–Crippen LogP) is 0.832. The zero-order chi connectivity index (χ0) is 27.4. The number of anilines is 1. The van der Waals surface area contributed by atoms with Crippen LogP contribution in [0.4, 0.5) is 5.69 Å². The molecule has 12 heteroatoms. The first-order valence-corrected chi connectivity index (χ1v) is 12.4. The topological polar surface area (TPSA) is 124 Å². The van der Waals surface area contributed by atoms with Gasteiger partial charge in [0.05, 0.1) is 48.6 Å². The van der Waals surface area contributed by atoms with Gasteiger partial charge in [0.15, 0.2) is 5.17 Å². The fraction of sp³-hybridized carbons (Fsp3) is 0.222. The SMILES string of the molecule is CCOC(=O)c1ccc(NC(=O)C2=CC(=O)N3C(=NC(C)=C(C(=O)OC)C3c3ccc(OC)cc3)S2)cc1.[Br-]. The number of hydrogen-bond acceptors (Lipinski definition) is 9. The Morgan fingerprint density at radius 1 is 1.03 bits per heavy atom. The summed E-state index contributed by atoms with van der Waals surface area (Å²) in [6.45, 7) is 3.63. The van der Waals surface area contributed by atoms with E-state index < -0.39 is 29.8 Å². The Kier molecular flexibility index (Phi) is 9.71. The average molecular weight is 615 g/mol. The highest BCUT2D eigenvalue weighted by atomic mass is 79.9. The highest BCUT2D eigenvalue weighted by molar-refractivity contribution is 8.18. The van der Waals surface area contributed by atoms with Crippen molar-refractivity contribution >= 4 is 46.4 Å². The lowest BCUT2D eigenvalue weighted by Gasteiger charge is -2.38. The molecule has 0 bridgehead atoms. The van der Waals surface area contributed by atoms with Crippen molar-refractivity contribution in [2.24, 2.45) is 4.99 Å². The third kappa shape index (κ3) is 6.23. The molecule has 4 rings (SSSR count). The van der Waals surface area contributed by atoms with E-state index in [1.54, 1.807) is 57.4 Å². The number of amides is 2. The van der Waals surface area contributed by atoms with E-state index in [9.17, 15) is 19.2 Å². The molecule has 2 amide bonds. The zero-order valence-electron chi connectivity index (χ0n) is 21.5. The number of methoxy groups -OCH3 is 2. The van der Waals surface area contributed by atoms with E-state index >= 15 is 0 Å². The lowest BCUT2D eigenvalue weighted by Crippen LogP contribution is -3.00. The number of aliphatic imine (C=N–C) groups is 1. The Hall–Kier alpha value is -3.90. The molecule has 0 aromatic heterocycles. The molecule has 10 nitrogen and oxygen atoms in total. The summed E-state index contributed by atoms with van der Waals surface area (Å²) in [5, 5.41) is 2.98. The van der Waals surface area contributed by atoms with Gasteiger partial charge in [-0.25, -0.2) is 14.6 Å². The molecule has 0 saturated heterocycles. The maximum atomic E-state index is 13.4. The third-order valence-electron chi connectivity index (χ3n) is 5.80. The van der Waals surface area contributed by atoms with Crippen LogP contribution in [0, 0.1) is 0 Å². The van der Waals surface area contributed by atoms with Gasteiger partial charge in [-0.05, 0) is 67.6 Å². The number of ether oxygens (including phenoxy) is 3. The summed E-state index contributed by atoms with van der Waals surface area (Å²) < 4.78 is 15.2. The van der Waals surface area contributed by atoms with E-state index in [4.69, 9.17) is 14.2 Å². The van der Waals surface area contributed by atoms with Crippen molar-refractivity contribution in [2.45, 2.75) is 19.9 Å². The number of nitrogens with one attached hydrogen (secondary N) is 1. The van der Waals surface area contributed by atoms with Crippen LogP contribution in [-0.2, 0) is 23.9 Å². The minimum absolute atomic E-state index is 0.